The van der Waals surface area contributed by atoms with Gasteiger partial charge in [-0.1, -0.05) is 6.42 Å². The summed E-state index contributed by atoms with van der Waals surface area (Å²) in [5.41, 5.74) is 0.403. The summed E-state index contributed by atoms with van der Waals surface area (Å²) in [6, 6.07) is 3.39. The van der Waals surface area contributed by atoms with Crippen LogP contribution in [-0.2, 0) is 4.74 Å². The van der Waals surface area contributed by atoms with Crippen molar-refractivity contribution in [3.05, 3.63) is 23.9 Å². The molecule has 0 aliphatic heterocycles. The highest BCUT2D eigenvalue weighted by molar-refractivity contribution is 5.91. The minimum Gasteiger partial charge on any atom is -0.474 e. The average molecular weight is 235 g/mol. The van der Waals surface area contributed by atoms with Crippen LogP contribution in [0.3, 0.4) is 0 Å². The maximum Gasteiger partial charge on any atom is 0.343 e. The van der Waals surface area contributed by atoms with E-state index in [1.54, 1.807) is 18.3 Å². The van der Waals surface area contributed by atoms with Crippen LogP contribution < -0.4 is 4.74 Å². The number of hydrogen-bond donors (Lipinski definition) is 0. The van der Waals surface area contributed by atoms with E-state index in [1.165, 1.54) is 26.4 Å². The van der Waals surface area contributed by atoms with Crippen LogP contribution in [0.5, 0.6) is 5.88 Å². The Hall–Kier alpha value is -1.58. The first-order valence-corrected chi connectivity index (χ1v) is 6.01. The number of hydrogen-bond acceptors (Lipinski definition) is 4. The standard InChI is InChI=1S/C13H17NO3/c1-16-13(15)11-8-5-9-14-12(11)17-10-6-3-2-4-7-10/h5,8-10H,2-4,6-7H2,1H3. The Labute approximate surface area is 101 Å². The van der Waals surface area contributed by atoms with Gasteiger partial charge in [0, 0.05) is 6.20 Å². The molecule has 1 aliphatic carbocycles. The largest absolute Gasteiger partial charge is 0.474 e. The highest BCUT2D eigenvalue weighted by Gasteiger charge is 2.19. The topological polar surface area (TPSA) is 48.4 Å². The molecule has 4 heteroatoms. The second-order valence-corrected chi connectivity index (χ2v) is 4.23. The van der Waals surface area contributed by atoms with Crippen LogP contribution in [0.15, 0.2) is 18.3 Å². The molecule has 4 nitrogen and oxygen atoms in total. The predicted octanol–water partition coefficient (Wildman–Crippen LogP) is 2.58. The number of pyridine rings is 1. The highest BCUT2D eigenvalue weighted by Crippen LogP contribution is 2.24. The summed E-state index contributed by atoms with van der Waals surface area (Å²) in [5, 5.41) is 0. The number of nitrogens with zero attached hydrogens (tertiary/aromatic N) is 1. The van der Waals surface area contributed by atoms with Crippen molar-refractivity contribution in [2.75, 3.05) is 7.11 Å². The lowest BCUT2D eigenvalue weighted by atomic mass is 9.98. The number of ether oxygens (including phenoxy) is 2. The first-order valence-electron chi connectivity index (χ1n) is 6.01. The highest BCUT2D eigenvalue weighted by atomic mass is 16.5. The fourth-order valence-corrected chi connectivity index (χ4v) is 2.09. The van der Waals surface area contributed by atoms with Crippen LogP contribution in [0.4, 0.5) is 0 Å². The van der Waals surface area contributed by atoms with Gasteiger partial charge in [-0.15, -0.1) is 0 Å². The molecule has 0 amide bonds. The van der Waals surface area contributed by atoms with E-state index in [1.807, 2.05) is 0 Å². The van der Waals surface area contributed by atoms with Crippen molar-refractivity contribution in [3.63, 3.8) is 0 Å². The Kier molecular flexibility index (Phi) is 3.96. The molecule has 1 fully saturated rings. The number of methoxy groups -OCH3 is 1. The van der Waals surface area contributed by atoms with Gasteiger partial charge < -0.3 is 9.47 Å². The van der Waals surface area contributed by atoms with E-state index in [0.717, 1.165) is 12.8 Å². The molecule has 0 bridgehead atoms. The molecular weight excluding hydrogens is 218 g/mol. The fourth-order valence-electron chi connectivity index (χ4n) is 2.09. The number of carbonyl (C=O) groups is 1. The van der Waals surface area contributed by atoms with Gasteiger partial charge in [0.15, 0.2) is 0 Å². The predicted molar refractivity (Wildman–Crippen MR) is 63.1 cm³/mol. The quantitative estimate of drug-likeness (QED) is 0.755. The van der Waals surface area contributed by atoms with Gasteiger partial charge in [-0.2, -0.15) is 0 Å². The molecule has 0 atom stereocenters. The molecule has 1 aromatic rings. The van der Waals surface area contributed by atoms with Gasteiger partial charge in [-0.3, -0.25) is 0 Å². The van der Waals surface area contributed by atoms with Gasteiger partial charge in [0.25, 0.3) is 0 Å². The fraction of sp³-hybridized carbons (Fsp3) is 0.538. The first-order chi connectivity index (χ1) is 8.31. The van der Waals surface area contributed by atoms with E-state index in [-0.39, 0.29) is 6.10 Å². The third-order valence-corrected chi connectivity index (χ3v) is 3.01. The summed E-state index contributed by atoms with van der Waals surface area (Å²) in [4.78, 5) is 15.7. The third-order valence-electron chi connectivity index (χ3n) is 3.01. The van der Waals surface area contributed by atoms with E-state index >= 15 is 0 Å². The molecule has 1 aliphatic rings. The Morgan fingerprint density at radius 1 is 1.35 bits per heavy atom. The lowest BCUT2D eigenvalue weighted by Gasteiger charge is -2.23. The van der Waals surface area contributed by atoms with E-state index in [2.05, 4.69) is 4.98 Å². The van der Waals surface area contributed by atoms with E-state index in [0.29, 0.717) is 11.4 Å². The second-order valence-electron chi connectivity index (χ2n) is 4.23. The Bertz CT molecular complexity index is 386. The SMILES string of the molecule is COC(=O)c1cccnc1OC1CCCCC1. The van der Waals surface area contributed by atoms with Crippen LogP contribution in [-0.4, -0.2) is 24.2 Å². The zero-order chi connectivity index (χ0) is 12.1. The van der Waals surface area contributed by atoms with Crippen molar-refractivity contribution in [1.82, 2.24) is 4.98 Å². The summed E-state index contributed by atoms with van der Waals surface area (Å²) >= 11 is 0. The Morgan fingerprint density at radius 3 is 2.82 bits per heavy atom. The average Bonchev–Trinajstić information content (AvgIpc) is 2.40. The third kappa shape index (κ3) is 2.96. The second kappa shape index (κ2) is 5.66. The van der Waals surface area contributed by atoms with Crippen LogP contribution in [0.25, 0.3) is 0 Å². The van der Waals surface area contributed by atoms with Crippen molar-refractivity contribution >= 4 is 5.97 Å². The van der Waals surface area contributed by atoms with Crippen LogP contribution in [0.2, 0.25) is 0 Å². The molecule has 1 aromatic heterocycles. The summed E-state index contributed by atoms with van der Waals surface area (Å²) in [7, 11) is 1.36. The van der Waals surface area contributed by atoms with E-state index in [4.69, 9.17) is 9.47 Å². The first kappa shape index (κ1) is 11.9. The number of rotatable bonds is 3. The van der Waals surface area contributed by atoms with Gasteiger partial charge in [0.05, 0.1) is 7.11 Å². The maximum atomic E-state index is 11.5. The van der Waals surface area contributed by atoms with E-state index in [9.17, 15) is 4.79 Å². The molecule has 0 unspecified atom stereocenters. The lowest BCUT2D eigenvalue weighted by molar-refractivity contribution is 0.0588. The minimum absolute atomic E-state index is 0.182. The molecule has 0 saturated heterocycles. The summed E-state index contributed by atoms with van der Waals surface area (Å²) in [5.74, 6) is -0.00448. The Morgan fingerprint density at radius 2 is 2.12 bits per heavy atom. The number of carbonyl (C=O) groups excluding carboxylic acids is 1. The van der Waals surface area contributed by atoms with Gasteiger partial charge >= 0.3 is 5.97 Å². The molecule has 17 heavy (non-hydrogen) atoms. The van der Waals surface area contributed by atoms with Crippen molar-refractivity contribution in [3.8, 4) is 5.88 Å². The van der Waals surface area contributed by atoms with Gasteiger partial charge in [-0.05, 0) is 37.8 Å². The zero-order valence-electron chi connectivity index (χ0n) is 10.0. The molecule has 0 spiro atoms. The van der Waals surface area contributed by atoms with Gasteiger partial charge in [-0.25, -0.2) is 9.78 Å². The monoisotopic (exact) mass is 235 g/mol. The lowest BCUT2D eigenvalue weighted by Crippen LogP contribution is -2.21. The van der Waals surface area contributed by atoms with Crippen LogP contribution >= 0.6 is 0 Å². The van der Waals surface area contributed by atoms with Crippen molar-refractivity contribution in [2.45, 2.75) is 38.2 Å². The molecule has 1 saturated carbocycles. The van der Waals surface area contributed by atoms with E-state index < -0.39 is 5.97 Å². The minimum atomic E-state index is -0.399. The molecule has 0 radical (unpaired) electrons. The summed E-state index contributed by atoms with van der Waals surface area (Å²) in [6.07, 6.45) is 7.53. The zero-order valence-corrected chi connectivity index (χ0v) is 10.0. The van der Waals surface area contributed by atoms with Crippen molar-refractivity contribution in [2.24, 2.45) is 0 Å². The van der Waals surface area contributed by atoms with Gasteiger partial charge in [0.2, 0.25) is 5.88 Å². The number of esters is 1. The molecule has 0 aromatic carbocycles. The summed E-state index contributed by atoms with van der Waals surface area (Å²) in [6.45, 7) is 0. The molecule has 0 N–H and O–H groups in total. The van der Waals surface area contributed by atoms with Crippen molar-refractivity contribution in [1.29, 1.82) is 0 Å². The van der Waals surface area contributed by atoms with Gasteiger partial charge in [0.1, 0.15) is 11.7 Å². The normalized spacial score (nSPS) is 16.5. The van der Waals surface area contributed by atoms with Crippen LogP contribution in [0, 0.1) is 0 Å². The summed E-state index contributed by atoms with van der Waals surface area (Å²) < 4.78 is 10.5. The molecular formula is C13H17NO3. The van der Waals surface area contributed by atoms with Crippen molar-refractivity contribution < 1.29 is 14.3 Å². The maximum absolute atomic E-state index is 11.5. The number of aromatic nitrogens is 1. The van der Waals surface area contributed by atoms with Crippen LogP contribution in [0.1, 0.15) is 42.5 Å². The molecule has 92 valence electrons. The molecule has 1 heterocycles. The smallest absolute Gasteiger partial charge is 0.343 e. The molecule has 2 rings (SSSR count). The Balaban J connectivity index is 2.11.